The predicted octanol–water partition coefficient (Wildman–Crippen LogP) is 6.64. The molecule has 4 N–H and O–H groups in total. The lowest BCUT2D eigenvalue weighted by Crippen LogP contribution is -2.13. The normalized spacial score (nSPS) is 9.74. The monoisotopic (exact) mass is 630 g/mol. The number of esters is 2. The third kappa shape index (κ3) is 8.86. The van der Waals surface area contributed by atoms with Crippen molar-refractivity contribution < 1.29 is 58.7 Å². The fraction of sp³-hybridized carbons (Fsp3) is 0.118. The van der Waals surface area contributed by atoms with Gasteiger partial charge in [-0.25, -0.2) is 28.8 Å². The molecule has 46 heavy (non-hydrogen) atoms. The molecule has 12 heteroatoms. The lowest BCUT2D eigenvalue weighted by Gasteiger charge is -2.09. The zero-order valence-electron chi connectivity index (χ0n) is 25.1. The summed E-state index contributed by atoms with van der Waals surface area (Å²) in [6, 6.07) is 18.7. The van der Waals surface area contributed by atoms with Crippen LogP contribution in [0.3, 0.4) is 0 Å². The van der Waals surface area contributed by atoms with Crippen LogP contribution in [0, 0.1) is 0 Å². The molecule has 4 rings (SSSR count). The van der Waals surface area contributed by atoms with Crippen LogP contribution in [0.2, 0.25) is 0 Å². The van der Waals surface area contributed by atoms with E-state index >= 15 is 0 Å². The number of carbonyl (C=O) groups excluding carboxylic acids is 2. The van der Waals surface area contributed by atoms with Gasteiger partial charge in [0.2, 0.25) is 0 Å². The van der Waals surface area contributed by atoms with Crippen LogP contribution >= 0.6 is 0 Å². The molecule has 0 saturated heterocycles. The fourth-order valence-electron chi connectivity index (χ4n) is 3.83. The molecule has 0 aliphatic rings. The minimum absolute atomic E-state index is 0.142. The Labute approximate surface area is 263 Å². The maximum absolute atomic E-state index is 12.5. The van der Waals surface area contributed by atoms with Gasteiger partial charge in [-0.2, -0.15) is 0 Å². The maximum atomic E-state index is 12.5. The second-order valence-electron chi connectivity index (χ2n) is 8.57. The Hall–Kier alpha value is -6.30. The van der Waals surface area contributed by atoms with Gasteiger partial charge in [-0.15, -0.1) is 0 Å². The molecule has 0 unspecified atom stereocenters. The Balaban J connectivity index is 0.00000177. The number of benzene rings is 4. The van der Waals surface area contributed by atoms with Crippen LogP contribution in [0.1, 0.15) is 89.8 Å². The van der Waals surface area contributed by atoms with Gasteiger partial charge < -0.3 is 29.9 Å². The van der Waals surface area contributed by atoms with Crippen LogP contribution in [-0.4, -0.2) is 56.2 Å². The topological polar surface area (TPSA) is 202 Å². The van der Waals surface area contributed by atoms with Crippen molar-refractivity contribution >= 4 is 35.8 Å². The summed E-state index contributed by atoms with van der Waals surface area (Å²) < 4.78 is 10.5. The Kier molecular flexibility index (Phi) is 12.9. The molecule has 0 amide bonds. The lowest BCUT2D eigenvalue weighted by atomic mass is 10.0. The average molecular weight is 631 g/mol. The average Bonchev–Trinajstić information content (AvgIpc) is 3.06. The highest BCUT2D eigenvalue weighted by atomic mass is 16.5. The number of carbonyl (C=O) groups is 6. The predicted molar refractivity (Wildman–Crippen MR) is 165 cm³/mol. The summed E-state index contributed by atoms with van der Waals surface area (Å²) in [7, 11) is 0. The van der Waals surface area contributed by atoms with Crippen molar-refractivity contribution in [2.75, 3.05) is 0 Å². The highest BCUT2D eigenvalue weighted by molar-refractivity contribution is 6.05. The van der Waals surface area contributed by atoms with Gasteiger partial charge in [-0.3, -0.25) is 0 Å². The van der Waals surface area contributed by atoms with E-state index in [2.05, 4.69) is 0 Å². The number of carboxylic acid groups (broad SMARTS) is 4. The quantitative estimate of drug-likeness (QED) is 0.114. The van der Waals surface area contributed by atoms with E-state index in [-0.39, 0.29) is 22.6 Å². The first-order valence-electron chi connectivity index (χ1n) is 13.8. The summed E-state index contributed by atoms with van der Waals surface area (Å²) >= 11 is 0. The van der Waals surface area contributed by atoms with E-state index in [1.807, 2.05) is 27.7 Å². The maximum Gasteiger partial charge on any atom is 0.343 e. The Morgan fingerprint density at radius 3 is 0.957 bits per heavy atom. The molecular weight excluding hydrogens is 600 g/mol. The molecule has 4 aromatic carbocycles. The van der Waals surface area contributed by atoms with E-state index in [1.165, 1.54) is 24.3 Å². The van der Waals surface area contributed by atoms with Gasteiger partial charge in [0, 0.05) is 0 Å². The van der Waals surface area contributed by atoms with Crippen LogP contribution in [0.4, 0.5) is 0 Å². The third-order valence-electron chi connectivity index (χ3n) is 5.90. The number of aromatic carboxylic acids is 4. The number of ether oxygens (including phenoxy) is 2. The van der Waals surface area contributed by atoms with E-state index in [0.29, 0.717) is 11.1 Å². The molecule has 0 radical (unpaired) electrons. The molecular formula is C34H30O12. The van der Waals surface area contributed by atoms with Crippen molar-refractivity contribution in [3.8, 4) is 22.6 Å². The molecule has 0 fully saturated rings. The van der Waals surface area contributed by atoms with Crippen molar-refractivity contribution in [3.05, 3.63) is 118 Å². The zero-order valence-corrected chi connectivity index (χ0v) is 25.1. The SMILES string of the molecule is CC.CC.O=C(Oc1ccc(-c2ccc(OC(=O)c3ccc(C(=O)O)c(C(=O)O)c3)cc2)cc1)c1ccc(C(=O)O)c(C(=O)O)c1. The number of hydrogen-bond donors (Lipinski definition) is 4. The largest absolute Gasteiger partial charge is 0.478 e. The van der Waals surface area contributed by atoms with Crippen LogP contribution in [0.5, 0.6) is 11.5 Å². The molecule has 0 aliphatic heterocycles. The smallest absolute Gasteiger partial charge is 0.343 e. The van der Waals surface area contributed by atoms with Crippen molar-refractivity contribution in [1.29, 1.82) is 0 Å². The number of carboxylic acids is 4. The first kappa shape index (κ1) is 35.9. The molecule has 0 bridgehead atoms. The van der Waals surface area contributed by atoms with Crippen LogP contribution in [0.25, 0.3) is 11.1 Å². The zero-order chi connectivity index (χ0) is 34.6. The first-order valence-corrected chi connectivity index (χ1v) is 13.8. The second-order valence-corrected chi connectivity index (χ2v) is 8.57. The molecule has 238 valence electrons. The minimum Gasteiger partial charge on any atom is -0.478 e. The van der Waals surface area contributed by atoms with Gasteiger partial charge in [-0.1, -0.05) is 52.0 Å². The molecule has 0 aromatic heterocycles. The van der Waals surface area contributed by atoms with Crippen molar-refractivity contribution in [2.45, 2.75) is 27.7 Å². The molecule has 0 aliphatic carbocycles. The van der Waals surface area contributed by atoms with E-state index in [9.17, 15) is 39.0 Å². The van der Waals surface area contributed by atoms with Crippen molar-refractivity contribution in [1.82, 2.24) is 0 Å². The summed E-state index contributed by atoms with van der Waals surface area (Å²) in [5.74, 6) is -7.40. The Bertz CT molecular complexity index is 1620. The summed E-state index contributed by atoms with van der Waals surface area (Å²) in [6.07, 6.45) is 0. The first-order chi connectivity index (χ1) is 21.9. The molecule has 12 nitrogen and oxygen atoms in total. The molecule has 4 aromatic rings. The van der Waals surface area contributed by atoms with Gasteiger partial charge in [0.15, 0.2) is 0 Å². The second kappa shape index (κ2) is 16.5. The lowest BCUT2D eigenvalue weighted by molar-refractivity contribution is 0.0650. The van der Waals surface area contributed by atoms with Gasteiger partial charge >= 0.3 is 35.8 Å². The summed E-state index contributed by atoms with van der Waals surface area (Å²) in [5, 5.41) is 36.7. The van der Waals surface area contributed by atoms with E-state index in [0.717, 1.165) is 36.4 Å². The van der Waals surface area contributed by atoms with E-state index < -0.39 is 58.1 Å². The number of rotatable bonds is 9. The van der Waals surface area contributed by atoms with Crippen molar-refractivity contribution in [3.63, 3.8) is 0 Å². The molecule has 0 heterocycles. The van der Waals surface area contributed by atoms with Crippen LogP contribution in [0.15, 0.2) is 84.9 Å². The highest BCUT2D eigenvalue weighted by Crippen LogP contribution is 2.26. The Morgan fingerprint density at radius 2 is 0.696 bits per heavy atom. The van der Waals surface area contributed by atoms with Crippen LogP contribution < -0.4 is 9.47 Å². The minimum atomic E-state index is -1.51. The third-order valence-corrected chi connectivity index (χ3v) is 5.90. The van der Waals surface area contributed by atoms with Gasteiger partial charge in [0.1, 0.15) is 11.5 Å². The standard InChI is InChI=1S/C30H18O12.2C2H6/c31-25(32)21-11-5-17(13-23(21)27(35)36)29(39)41-19-7-1-15(2-8-19)16-3-9-20(10-4-16)42-30(40)18-6-12-22(26(33)34)24(14-18)28(37)38;2*1-2/h1-14H,(H,31,32)(H,33,34)(H,35,36)(H,37,38);2*1-2H3. The molecule has 0 atom stereocenters. The highest BCUT2D eigenvalue weighted by Gasteiger charge is 2.21. The van der Waals surface area contributed by atoms with Gasteiger partial charge in [0.05, 0.1) is 33.4 Å². The number of hydrogen-bond acceptors (Lipinski definition) is 8. The Morgan fingerprint density at radius 1 is 0.413 bits per heavy atom. The summed E-state index contributed by atoms with van der Waals surface area (Å²) in [4.78, 5) is 70.1. The fourth-order valence-corrected chi connectivity index (χ4v) is 3.83. The molecule has 0 spiro atoms. The van der Waals surface area contributed by atoms with E-state index in [4.69, 9.17) is 19.7 Å². The van der Waals surface area contributed by atoms with Crippen molar-refractivity contribution in [2.24, 2.45) is 0 Å². The van der Waals surface area contributed by atoms with Crippen LogP contribution in [-0.2, 0) is 0 Å². The van der Waals surface area contributed by atoms with Gasteiger partial charge in [-0.05, 0) is 71.8 Å². The molecule has 0 saturated carbocycles. The van der Waals surface area contributed by atoms with Gasteiger partial charge in [0.25, 0.3) is 0 Å². The van der Waals surface area contributed by atoms with E-state index in [1.54, 1.807) is 24.3 Å². The summed E-state index contributed by atoms with van der Waals surface area (Å²) in [6.45, 7) is 8.00. The summed E-state index contributed by atoms with van der Waals surface area (Å²) in [5.41, 5.74) is -0.946.